The van der Waals surface area contributed by atoms with Gasteiger partial charge < -0.3 is 18.9 Å². The predicted molar refractivity (Wildman–Crippen MR) is 114 cm³/mol. The molecule has 1 amide bonds. The zero-order valence-electron chi connectivity index (χ0n) is 18.2. The van der Waals surface area contributed by atoms with Gasteiger partial charge in [0.15, 0.2) is 0 Å². The lowest BCUT2D eigenvalue weighted by Crippen LogP contribution is -2.36. The number of hydrogen-bond donors (Lipinski definition) is 1. The summed E-state index contributed by atoms with van der Waals surface area (Å²) in [5.41, 5.74) is 1.30. The number of amides is 1. The summed E-state index contributed by atoms with van der Waals surface area (Å²) < 4.78 is 35.7. The topological polar surface area (TPSA) is 93.1 Å². The van der Waals surface area contributed by atoms with Gasteiger partial charge in [0.05, 0.1) is 12.6 Å². The number of carbonyl (C=O) groups excluding carboxylic acids is 1. The number of ether oxygens (including phenoxy) is 1. The summed E-state index contributed by atoms with van der Waals surface area (Å²) >= 11 is 0. The largest absolute Gasteiger partial charge is 0.444 e. The first-order valence-electron chi connectivity index (χ1n) is 9.52. The third-order valence-electron chi connectivity index (χ3n) is 4.24. The van der Waals surface area contributed by atoms with Gasteiger partial charge in [-0.3, -0.25) is 0 Å². The summed E-state index contributed by atoms with van der Waals surface area (Å²) in [4.78, 5) is 13.4. The SMILES string of the molecule is Cc1ccc(C)c(S(=O)(=O)Oc2ccc(C(O)CN(C)C(=O)OC(C)(C)C)cc2)c1. The van der Waals surface area contributed by atoms with E-state index in [4.69, 9.17) is 8.92 Å². The Hall–Kier alpha value is -2.58. The lowest BCUT2D eigenvalue weighted by molar-refractivity contribution is 0.0205. The first-order valence-corrected chi connectivity index (χ1v) is 10.9. The van der Waals surface area contributed by atoms with Gasteiger partial charge in [-0.05, 0) is 69.5 Å². The molecule has 1 unspecified atom stereocenters. The number of aryl methyl sites for hydroxylation is 2. The number of aliphatic hydroxyl groups is 1. The smallest absolute Gasteiger partial charge is 0.410 e. The highest BCUT2D eigenvalue weighted by molar-refractivity contribution is 7.87. The van der Waals surface area contributed by atoms with Gasteiger partial charge in [-0.1, -0.05) is 24.3 Å². The lowest BCUT2D eigenvalue weighted by atomic mass is 10.1. The molecule has 7 nitrogen and oxygen atoms in total. The summed E-state index contributed by atoms with van der Waals surface area (Å²) in [5, 5.41) is 10.4. The maximum absolute atomic E-state index is 12.6. The second-order valence-corrected chi connectivity index (χ2v) is 9.77. The van der Waals surface area contributed by atoms with E-state index in [0.29, 0.717) is 11.1 Å². The summed E-state index contributed by atoms with van der Waals surface area (Å²) in [6.45, 7) is 8.83. The molecular formula is C22H29NO6S. The number of nitrogens with zero attached hydrogens (tertiary/aromatic N) is 1. The van der Waals surface area contributed by atoms with Crippen LogP contribution in [0.4, 0.5) is 4.79 Å². The second kappa shape index (κ2) is 9.06. The number of benzene rings is 2. The van der Waals surface area contributed by atoms with Crippen molar-refractivity contribution < 1.29 is 27.2 Å². The first kappa shape index (κ1) is 23.7. The minimum atomic E-state index is -3.98. The molecule has 0 aliphatic carbocycles. The molecule has 0 aliphatic heterocycles. The fraction of sp³-hybridized carbons (Fsp3) is 0.409. The number of rotatable bonds is 6. The average Bonchev–Trinajstić information content (AvgIpc) is 2.62. The van der Waals surface area contributed by atoms with E-state index < -0.39 is 27.9 Å². The summed E-state index contributed by atoms with van der Waals surface area (Å²) in [5.74, 6) is 0.132. The molecule has 0 saturated heterocycles. The molecular weight excluding hydrogens is 406 g/mol. The molecule has 2 aromatic rings. The quantitative estimate of drug-likeness (QED) is 0.690. The molecule has 30 heavy (non-hydrogen) atoms. The standard InChI is InChI=1S/C22H29NO6S/c1-15-7-8-16(2)20(13-15)30(26,27)29-18-11-9-17(10-12-18)19(24)14-23(6)21(25)28-22(3,4)5/h7-13,19,24H,14H2,1-6H3. The lowest BCUT2D eigenvalue weighted by Gasteiger charge is -2.26. The van der Waals surface area contributed by atoms with Crippen molar-refractivity contribution in [2.75, 3.05) is 13.6 Å². The molecule has 2 aromatic carbocycles. The molecule has 0 fully saturated rings. The van der Waals surface area contributed by atoms with Crippen molar-refractivity contribution in [1.82, 2.24) is 4.90 Å². The maximum atomic E-state index is 12.6. The molecule has 0 radical (unpaired) electrons. The molecule has 0 aliphatic rings. The van der Waals surface area contributed by atoms with Gasteiger partial charge >= 0.3 is 16.2 Å². The van der Waals surface area contributed by atoms with E-state index in [-0.39, 0.29) is 17.2 Å². The van der Waals surface area contributed by atoms with Crippen LogP contribution in [-0.2, 0) is 14.9 Å². The van der Waals surface area contributed by atoms with Crippen molar-refractivity contribution >= 4 is 16.2 Å². The Kier molecular flexibility index (Phi) is 7.15. The van der Waals surface area contributed by atoms with Crippen molar-refractivity contribution in [2.45, 2.75) is 51.2 Å². The monoisotopic (exact) mass is 435 g/mol. The van der Waals surface area contributed by atoms with Crippen LogP contribution in [0.2, 0.25) is 0 Å². The Bertz CT molecular complexity index is 993. The van der Waals surface area contributed by atoms with Gasteiger partial charge in [0.25, 0.3) is 0 Å². The molecule has 0 bridgehead atoms. The predicted octanol–water partition coefficient (Wildman–Crippen LogP) is 3.97. The van der Waals surface area contributed by atoms with Crippen LogP contribution in [0.5, 0.6) is 5.75 Å². The summed E-state index contributed by atoms with van der Waals surface area (Å²) in [7, 11) is -2.45. The normalized spacial score (nSPS) is 12.9. The van der Waals surface area contributed by atoms with Gasteiger partial charge in [-0.25, -0.2) is 4.79 Å². The highest BCUT2D eigenvalue weighted by Gasteiger charge is 2.23. The zero-order chi connectivity index (χ0) is 22.7. The van der Waals surface area contributed by atoms with Crippen LogP contribution in [0, 0.1) is 13.8 Å². The molecule has 0 spiro atoms. The Balaban J connectivity index is 2.07. The molecule has 0 saturated carbocycles. The number of likely N-dealkylation sites (N-methyl/N-ethyl adjacent to an activating group) is 1. The minimum Gasteiger partial charge on any atom is -0.444 e. The number of carbonyl (C=O) groups is 1. The molecule has 1 N–H and O–H groups in total. The summed E-state index contributed by atoms with van der Waals surface area (Å²) in [6, 6.07) is 11.2. The maximum Gasteiger partial charge on any atom is 0.410 e. The van der Waals surface area contributed by atoms with E-state index in [0.717, 1.165) is 5.56 Å². The molecule has 2 rings (SSSR count). The van der Waals surface area contributed by atoms with E-state index in [2.05, 4.69) is 0 Å². The Labute approximate surface area is 178 Å². The van der Waals surface area contributed by atoms with E-state index >= 15 is 0 Å². The highest BCUT2D eigenvalue weighted by Crippen LogP contribution is 2.24. The number of hydrogen-bond acceptors (Lipinski definition) is 6. The van der Waals surface area contributed by atoms with E-state index in [9.17, 15) is 18.3 Å². The van der Waals surface area contributed by atoms with Gasteiger partial charge in [-0.2, -0.15) is 8.42 Å². The third-order valence-corrected chi connectivity index (χ3v) is 5.63. The van der Waals surface area contributed by atoms with Gasteiger partial charge in [0.2, 0.25) is 0 Å². The van der Waals surface area contributed by atoms with Crippen LogP contribution in [0.25, 0.3) is 0 Å². The van der Waals surface area contributed by atoms with Crippen molar-refractivity contribution in [3.05, 3.63) is 59.2 Å². The van der Waals surface area contributed by atoms with Crippen LogP contribution >= 0.6 is 0 Å². The molecule has 8 heteroatoms. The van der Waals surface area contributed by atoms with Crippen LogP contribution in [0.1, 0.15) is 43.6 Å². The van der Waals surface area contributed by atoms with E-state index in [1.54, 1.807) is 52.0 Å². The van der Waals surface area contributed by atoms with Crippen LogP contribution in [0.15, 0.2) is 47.4 Å². The average molecular weight is 436 g/mol. The molecule has 1 atom stereocenters. The second-order valence-electron chi connectivity index (χ2n) is 8.25. The fourth-order valence-corrected chi connectivity index (χ4v) is 3.92. The third kappa shape index (κ3) is 6.47. The molecule has 0 aromatic heterocycles. The van der Waals surface area contributed by atoms with E-state index in [1.165, 1.54) is 24.1 Å². The van der Waals surface area contributed by atoms with Crippen LogP contribution in [0.3, 0.4) is 0 Å². The first-order chi connectivity index (χ1) is 13.8. The Morgan fingerprint density at radius 1 is 1.10 bits per heavy atom. The highest BCUT2D eigenvalue weighted by atomic mass is 32.2. The van der Waals surface area contributed by atoms with Crippen molar-refractivity contribution in [1.29, 1.82) is 0 Å². The van der Waals surface area contributed by atoms with Crippen molar-refractivity contribution in [3.8, 4) is 5.75 Å². The van der Waals surface area contributed by atoms with Gasteiger partial charge in [0, 0.05) is 7.05 Å². The van der Waals surface area contributed by atoms with Crippen molar-refractivity contribution in [2.24, 2.45) is 0 Å². The van der Waals surface area contributed by atoms with Gasteiger partial charge in [-0.15, -0.1) is 0 Å². The summed E-state index contributed by atoms with van der Waals surface area (Å²) in [6.07, 6.45) is -1.51. The van der Waals surface area contributed by atoms with Crippen molar-refractivity contribution in [3.63, 3.8) is 0 Å². The Morgan fingerprint density at radius 2 is 1.70 bits per heavy atom. The Morgan fingerprint density at radius 3 is 2.27 bits per heavy atom. The number of aliphatic hydroxyl groups excluding tert-OH is 1. The zero-order valence-corrected chi connectivity index (χ0v) is 19.0. The molecule has 164 valence electrons. The van der Waals surface area contributed by atoms with Crippen LogP contribution in [-0.4, -0.2) is 43.7 Å². The van der Waals surface area contributed by atoms with E-state index in [1.807, 2.05) is 13.0 Å². The fourth-order valence-electron chi connectivity index (χ4n) is 2.67. The minimum absolute atomic E-state index is 0.0237. The molecule has 0 heterocycles. The van der Waals surface area contributed by atoms with Gasteiger partial charge in [0.1, 0.15) is 16.2 Å². The van der Waals surface area contributed by atoms with Crippen LogP contribution < -0.4 is 4.18 Å².